The largest absolute Gasteiger partial charge is 0.464 e. The summed E-state index contributed by atoms with van der Waals surface area (Å²) in [6.45, 7) is 5.74. The first-order chi connectivity index (χ1) is 9.98. The number of esters is 1. The maximum absolute atomic E-state index is 11.9. The van der Waals surface area contributed by atoms with Crippen molar-refractivity contribution in [1.29, 1.82) is 0 Å². The van der Waals surface area contributed by atoms with Crippen molar-refractivity contribution in [2.75, 3.05) is 25.4 Å². The molecule has 0 radical (unpaired) electrons. The number of piperidine rings is 1. The van der Waals surface area contributed by atoms with Crippen molar-refractivity contribution in [3.05, 3.63) is 0 Å². The summed E-state index contributed by atoms with van der Waals surface area (Å²) in [4.78, 5) is 25.2. The van der Waals surface area contributed by atoms with Gasteiger partial charge in [-0.15, -0.1) is 0 Å². The van der Waals surface area contributed by atoms with Crippen LogP contribution in [0.4, 0.5) is 4.79 Å². The molecule has 22 heavy (non-hydrogen) atoms. The Morgan fingerprint density at radius 3 is 2.23 bits per heavy atom. The normalized spacial score (nSPS) is 17.2. The minimum absolute atomic E-state index is 0.371. The van der Waals surface area contributed by atoms with Crippen LogP contribution in [0.2, 0.25) is 0 Å². The van der Waals surface area contributed by atoms with Crippen LogP contribution in [0.5, 0.6) is 0 Å². The molecule has 0 bridgehead atoms. The smallest absolute Gasteiger partial charge is 0.410 e. The van der Waals surface area contributed by atoms with Crippen LogP contribution < -0.4 is 0 Å². The topological polar surface area (TPSA) is 110 Å². The van der Waals surface area contributed by atoms with Crippen molar-refractivity contribution < 1.29 is 32.0 Å². The zero-order valence-corrected chi connectivity index (χ0v) is 13.9. The lowest BCUT2D eigenvalue weighted by Crippen LogP contribution is -2.43. The quantitative estimate of drug-likeness (QED) is 0.603. The molecule has 1 rings (SSSR count). The van der Waals surface area contributed by atoms with E-state index >= 15 is 0 Å². The highest BCUT2D eigenvalue weighted by molar-refractivity contribution is 7.85. The van der Waals surface area contributed by atoms with E-state index in [-0.39, 0.29) is 12.5 Å². The van der Waals surface area contributed by atoms with Crippen molar-refractivity contribution in [2.45, 2.75) is 39.2 Å². The summed E-state index contributed by atoms with van der Waals surface area (Å²) in [5, 5.41) is 0. The molecule has 0 aromatic carbocycles. The van der Waals surface area contributed by atoms with Gasteiger partial charge in [0.05, 0.1) is 5.92 Å². The van der Waals surface area contributed by atoms with E-state index in [0.717, 1.165) is 0 Å². The summed E-state index contributed by atoms with van der Waals surface area (Å²) < 4.78 is 39.7. The first-order valence-electron chi connectivity index (χ1n) is 7.08. The number of carbonyl (C=O) groups is 2. The van der Waals surface area contributed by atoms with Crippen molar-refractivity contribution in [3.63, 3.8) is 0 Å². The van der Waals surface area contributed by atoms with Gasteiger partial charge >= 0.3 is 12.1 Å². The second-order valence-electron chi connectivity index (χ2n) is 6.20. The van der Waals surface area contributed by atoms with Gasteiger partial charge in [-0.3, -0.25) is 9.35 Å². The SMILES string of the molecule is CC(C)(C)OC(=O)N1CCC(C(=O)OCCS(=O)(=O)O)CC1. The van der Waals surface area contributed by atoms with E-state index in [4.69, 9.17) is 14.0 Å². The molecule has 9 heteroatoms. The molecule has 0 spiro atoms. The highest BCUT2D eigenvalue weighted by Crippen LogP contribution is 2.20. The molecule has 128 valence electrons. The van der Waals surface area contributed by atoms with Crippen LogP contribution in [0.15, 0.2) is 0 Å². The second kappa shape index (κ2) is 7.28. The van der Waals surface area contributed by atoms with E-state index in [1.807, 2.05) is 0 Å². The summed E-state index contributed by atoms with van der Waals surface area (Å²) in [6, 6.07) is 0. The minimum Gasteiger partial charge on any atom is -0.464 e. The Kier molecular flexibility index (Phi) is 6.18. The van der Waals surface area contributed by atoms with Gasteiger partial charge in [0.15, 0.2) is 0 Å². The fourth-order valence-corrected chi connectivity index (χ4v) is 2.28. The second-order valence-corrected chi connectivity index (χ2v) is 7.77. The molecule has 1 aliphatic heterocycles. The zero-order chi connectivity index (χ0) is 17.0. The lowest BCUT2D eigenvalue weighted by Gasteiger charge is -2.32. The zero-order valence-electron chi connectivity index (χ0n) is 13.1. The molecule has 1 saturated heterocycles. The highest BCUT2D eigenvalue weighted by Gasteiger charge is 2.30. The third-order valence-corrected chi connectivity index (χ3v) is 3.75. The van der Waals surface area contributed by atoms with Crippen LogP contribution >= 0.6 is 0 Å². The molecule has 0 saturated carbocycles. The summed E-state index contributed by atoms with van der Waals surface area (Å²) in [5.41, 5.74) is -0.567. The van der Waals surface area contributed by atoms with E-state index in [2.05, 4.69) is 0 Å². The summed E-state index contributed by atoms with van der Waals surface area (Å²) in [7, 11) is -4.13. The first kappa shape index (κ1) is 18.7. The molecule has 0 aromatic heterocycles. The van der Waals surface area contributed by atoms with Gasteiger partial charge < -0.3 is 14.4 Å². The van der Waals surface area contributed by atoms with Crippen LogP contribution in [0.25, 0.3) is 0 Å². The van der Waals surface area contributed by atoms with Crippen molar-refractivity contribution in [3.8, 4) is 0 Å². The average Bonchev–Trinajstić information content (AvgIpc) is 2.35. The van der Waals surface area contributed by atoms with Gasteiger partial charge in [0.25, 0.3) is 10.1 Å². The monoisotopic (exact) mass is 337 g/mol. The van der Waals surface area contributed by atoms with Gasteiger partial charge in [-0.05, 0) is 33.6 Å². The Bertz CT molecular complexity index is 501. The van der Waals surface area contributed by atoms with Crippen LogP contribution in [0, 0.1) is 5.92 Å². The van der Waals surface area contributed by atoms with Gasteiger partial charge in [-0.25, -0.2) is 4.79 Å². The molecule has 8 nitrogen and oxygen atoms in total. The van der Waals surface area contributed by atoms with Gasteiger partial charge in [0, 0.05) is 13.1 Å². The van der Waals surface area contributed by atoms with Crippen molar-refractivity contribution >= 4 is 22.2 Å². The predicted molar refractivity (Wildman–Crippen MR) is 77.9 cm³/mol. The Labute approximate surface area is 130 Å². The maximum atomic E-state index is 11.9. The van der Waals surface area contributed by atoms with Gasteiger partial charge in [0.2, 0.25) is 0 Å². The minimum atomic E-state index is -4.13. The van der Waals surface area contributed by atoms with E-state index in [1.165, 1.54) is 4.90 Å². The predicted octanol–water partition coefficient (Wildman–Crippen LogP) is 1.06. The standard InChI is InChI=1S/C13H23NO7S/c1-13(2,3)21-12(16)14-6-4-10(5-7-14)11(15)20-8-9-22(17,18)19/h10H,4-9H2,1-3H3,(H,17,18,19). The summed E-state index contributed by atoms with van der Waals surface area (Å²) in [6.07, 6.45) is 0.458. The first-order valence-corrected chi connectivity index (χ1v) is 8.68. The third kappa shape index (κ3) is 7.08. The van der Waals surface area contributed by atoms with Gasteiger partial charge in [-0.1, -0.05) is 0 Å². The molecule has 1 aliphatic rings. The summed E-state index contributed by atoms with van der Waals surface area (Å²) in [5.74, 6) is -1.50. The molecule has 0 aliphatic carbocycles. The van der Waals surface area contributed by atoms with Crippen LogP contribution in [-0.2, 0) is 24.4 Å². The van der Waals surface area contributed by atoms with E-state index in [0.29, 0.717) is 25.9 Å². The number of hydrogen-bond donors (Lipinski definition) is 1. The highest BCUT2D eigenvalue weighted by atomic mass is 32.2. The molecule has 0 unspecified atom stereocenters. The molecule has 0 aromatic rings. The van der Waals surface area contributed by atoms with E-state index in [1.54, 1.807) is 20.8 Å². The van der Waals surface area contributed by atoms with E-state index < -0.39 is 33.5 Å². The molecule has 0 atom stereocenters. The third-order valence-electron chi connectivity index (χ3n) is 3.07. The Hall–Kier alpha value is -1.35. The number of amides is 1. The molecular formula is C13H23NO7S. The molecule has 1 fully saturated rings. The van der Waals surface area contributed by atoms with Gasteiger partial charge in [-0.2, -0.15) is 8.42 Å². The fourth-order valence-electron chi connectivity index (χ4n) is 1.99. The van der Waals surface area contributed by atoms with Gasteiger partial charge in [0.1, 0.15) is 18.0 Å². The Morgan fingerprint density at radius 2 is 1.77 bits per heavy atom. The van der Waals surface area contributed by atoms with Crippen molar-refractivity contribution in [1.82, 2.24) is 4.90 Å². The lowest BCUT2D eigenvalue weighted by atomic mass is 9.97. The Balaban J connectivity index is 2.35. The molecular weight excluding hydrogens is 314 g/mol. The molecule has 1 amide bonds. The van der Waals surface area contributed by atoms with E-state index in [9.17, 15) is 18.0 Å². The van der Waals surface area contributed by atoms with Crippen molar-refractivity contribution in [2.24, 2.45) is 5.92 Å². The number of hydrogen-bond acceptors (Lipinski definition) is 6. The van der Waals surface area contributed by atoms with Crippen LogP contribution in [0.3, 0.4) is 0 Å². The summed E-state index contributed by atoms with van der Waals surface area (Å²) >= 11 is 0. The van der Waals surface area contributed by atoms with Crippen LogP contribution in [-0.4, -0.2) is 61.0 Å². The number of rotatable bonds is 4. The average molecular weight is 337 g/mol. The van der Waals surface area contributed by atoms with Crippen LogP contribution in [0.1, 0.15) is 33.6 Å². The number of ether oxygens (including phenoxy) is 2. The lowest BCUT2D eigenvalue weighted by molar-refractivity contribution is -0.149. The fraction of sp³-hybridized carbons (Fsp3) is 0.846. The number of carbonyl (C=O) groups excluding carboxylic acids is 2. The Morgan fingerprint density at radius 1 is 1.23 bits per heavy atom. The maximum Gasteiger partial charge on any atom is 0.410 e. The number of nitrogens with zero attached hydrogens (tertiary/aromatic N) is 1. The number of likely N-dealkylation sites (tertiary alicyclic amines) is 1. The molecule has 1 N–H and O–H groups in total. The molecule has 1 heterocycles.